The van der Waals surface area contributed by atoms with E-state index in [0.29, 0.717) is 0 Å². The minimum atomic E-state index is 0.878. The predicted octanol–water partition coefficient (Wildman–Crippen LogP) is 4.00. The Morgan fingerprint density at radius 3 is 2.42 bits per heavy atom. The summed E-state index contributed by atoms with van der Waals surface area (Å²) in [5.74, 6) is 2.05. The van der Waals surface area contributed by atoms with E-state index in [0.717, 1.165) is 17.3 Å². The van der Waals surface area contributed by atoms with Gasteiger partial charge in [-0.3, -0.25) is 0 Å². The minimum Gasteiger partial charge on any atom is -0.0628 e. The van der Waals surface area contributed by atoms with Gasteiger partial charge in [0.25, 0.3) is 0 Å². The Hall–Kier alpha value is 0. The van der Waals surface area contributed by atoms with E-state index in [1.807, 2.05) is 0 Å². The third-order valence-electron chi connectivity index (χ3n) is 3.96. The third kappa shape index (κ3) is 1.53. The fourth-order valence-electron chi connectivity index (χ4n) is 3.20. The molecule has 0 nitrogen and oxygen atoms in total. The SMILES string of the molecule is CC(C)CC1CC12CCCCC2. The van der Waals surface area contributed by atoms with Gasteiger partial charge in [0.15, 0.2) is 0 Å². The Bertz CT molecular complexity index is 151. The molecule has 0 N–H and O–H groups in total. The second-order valence-corrected chi connectivity index (χ2v) is 5.45. The van der Waals surface area contributed by atoms with Crippen LogP contribution in [0.25, 0.3) is 0 Å². The van der Waals surface area contributed by atoms with Crippen LogP contribution < -0.4 is 0 Å². The first-order valence-electron chi connectivity index (χ1n) is 5.73. The van der Waals surface area contributed by atoms with Crippen molar-refractivity contribution in [1.82, 2.24) is 0 Å². The molecule has 0 aliphatic heterocycles. The molecule has 0 aromatic carbocycles. The van der Waals surface area contributed by atoms with Crippen molar-refractivity contribution in [3.05, 3.63) is 0 Å². The Labute approximate surface area is 76.7 Å². The molecule has 0 bridgehead atoms. The highest BCUT2D eigenvalue weighted by Crippen LogP contribution is 2.63. The molecule has 0 aromatic rings. The fourth-order valence-corrected chi connectivity index (χ4v) is 3.20. The van der Waals surface area contributed by atoms with Crippen LogP contribution in [0, 0.1) is 17.3 Å². The first-order chi connectivity index (χ1) is 5.73. The minimum absolute atomic E-state index is 0.878. The van der Waals surface area contributed by atoms with Gasteiger partial charge in [-0.25, -0.2) is 0 Å². The zero-order chi connectivity index (χ0) is 8.60. The summed E-state index contributed by atoms with van der Waals surface area (Å²) in [6.45, 7) is 4.74. The average molecular weight is 166 g/mol. The lowest BCUT2D eigenvalue weighted by Gasteiger charge is -2.22. The van der Waals surface area contributed by atoms with Gasteiger partial charge in [0.05, 0.1) is 0 Å². The lowest BCUT2D eigenvalue weighted by Crippen LogP contribution is -2.10. The molecular weight excluding hydrogens is 144 g/mol. The summed E-state index contributed by atoms with van der Waals surface area (Å²) in [5.41, 5.74) is 0.878. The molecule has 0 heteroatoms. The van der Waals surface area contributed by atoms with Crippen LogP contribution in [0.2, 0.25) is 0 Å². The molecule has 2 aliphatic rings. The van der Waals surface area contributed by atoms with Crippen molar-refractivity contribution in [2.45, 2.75) is 58.8 Å². The molecule has 70 valence electrons. The highest BCUT2D eigenvalue weighted by atomic mass is 14.6. The Kier molecular flexibility index (Phi) is 2.18. The van der Waals surface area contributed by atoms with E-state index < -0.39 is 0 Å². The van der Waals surface area contributed by atoms with E-state index in [9.17, 15) is 0 Å². The molecule has 0 radical (unpaired) electrons. The molecule has 1 atom stereocenters. The molecule has 12 heavy (non-hydrogen) atoms. The maximum Gasteiger partial charge on any atom is -0.0266 e. The molecular formula is C12H22. The maximum atomic E-state index is 2.37. The zero-order valence-electron chi connectivity index (χ0n) is 8.60. The van der Waals surface area contributed by atoms with E-state index in [1.54, 1.807) is 19.3 Å². The van der Waals surface area contributed by atoms with E-state index in [-0.39, 0.29) is 0 Å². The lowest BCUT2D eigenvalue weighted by atomic mass is 9.83. The smallest absolute Gasteiger partial charge is 0.0266 e. The van der Waals surface area contributed by atoms with Crippen molar-refractivity contribution in [2.24, 2.45) is 17.3 Å². The highest BCUT2D eigenvalue weighted by Gasteiger charge is 2.52. The van der Waals surface area contributed by atoms with Gasteiger partial charge in [0.1, 0.15) is 0 Å². The largest absolute Gasteiger partial charge is 0.0628 e. The molecule has 0 aromatic heterocycles. The number of hydrogen-bond acceptors (Lipinski definition) is 0. The van der Waals surface area contributed by atoms with Gasteiger partial charge < -0.3 is 0 Å². The Morgan fingerprint density at radius 1 is 1.17 bits per heavy atom. The van der Waals surface area contributed by atoms with Crippen molar-refractivity contribution in [3.63, 3.8) is 0 Å². The van der Waals surface area contributed by atoms with Crippen molar-refractivity contribution in [3.8, 4) is 0 Å². The van der Waals surface area contributed by atoms with Gasteiger partial charge in [-0.1, -0.05) is 33.1 Å². The topological polar surface area (TPSA) is 0 Å². The highest BCUT2D eigenvalue weighted by molar-refractivity contribution is 5.03. The van der Waals surface area contributed by atoms with Crippen LogP contribution in [0.15, 0.2) is 0 Å². The molecule has 1 spiro atoms. The summed E-state index contributed by atoms with van der Waals surface area (Å²) >= 11 is 0. The van der Waals surface area contributed by atoms with Crippen molar-refractivity contribution < 1.29 is 0 Å². The molecule has 2 saturated carbocycles. The van der Waals surface area contributed by atoms with Crippen LogP contribution in [0.5, 0.6) is 0 Å². The second-order valence-electron chi connectivity index (χ2n) is 5.45. The lowest BCUT2D eigenvalue weighted by molar-refractivity contribution is 0.293. The number of rotatable bonds is 2. The van der Waals surface area contributed by atoms with Crippen molar-refractivity contribution in [2.75, 3.05) is 0 Å². The molecule has 0 heterocycles. The van der Waals surface area contributed by atoms with Crippen molar-refractivity contribution >= 4 is 0 Å². The summed E-state index contributed by atoms with van der Waals surface area (Å²) in [6, 6.07) is 0. The van der Waals surface area contributed by atoms with Crippen LogP contribution in [-0.4, -0.2) is 0 Å². The molecule has 0 amide bonds. The average Bonchev–Trinajstić information content (AvgIpc) is 2.63. The zero-order valence-corrected chi connectivity index (χ0v) is 8.60. The van der Waals surface area contributed by atoms with Gasteiger partial charge in [0.2, 0.25) is 0 Å². The van der Waals surface area contributed by atoms with Crippen LogP contribution in [0.1, 0.15) is 58.8 Å². The van der Waals surface area contributed by atoms with Crippen molar-refractivity contribution in [1.29, 1.82) is 0 Å². The van der Waals surface area contributed by atoms with Gasteiger partial charge in [-0.05, 0) is 42.9 Å². The van der Waals surface area contributed by atoms with E-state index in [2.05, 4.69) is 13.8 Å². The summed E-state index contributed by atoms with van der Waals surface area (Å²) in [6.07, 6.45) is 10.7. The molecule has 2 aliphatic carbocycles. The molecule has 2 fully saturated rings. The number of hydrogen-bond donors (Lipinski definition) is 0. The van der Waals surface area contributed by atoms with E-state index >= 15 is 0 Å². The maximum absolute atomic E-state index is 2.37. The van der Waals surface area contributed by atoms with Crippen LogP contribution >= 0.6 is 0 Å². The van der Waals surface area contributed by atoms with Gasteiger partial charge in [-0.15, -0.1) is 0 Å². The van der Waals surface area contributed by atoms with Crippen LogP contribution in [-0.2, 0) is 0 Å². The van der Waals surface area contributed by atoms with Crippen LogP contribution in [0.3, 0.4) is 0 Å². The summed E-state index contributed by atoms with van der Waals surface area (Å²) in [7, 11) is 0. The Morgan fingerprint density at radius 2 is 1.83 bits per heavy atom. The fraction of sp³-hybridized carbons (Fsp3) is 1.00. The standard InChI is InChI=1S/C12H22/c1-10(2)8-11-9-12(11)6-4-3-5-7-12/h10-11H,3-9H2,1-2H3. The molecule has 2 rings (SSSR count). The summed E-state index contributed by atoms with van der Waals surface area (Å²) in [4.78, 5) is 0. The molecule has 1 unspecified atom stereocenters. The third-order valence-corrected chi connectivity index (χ3v) is 3.96. The monoisotopic (exact) mass is 166 g/mol. The predicted molar refractivity (Wildman–Crippen MR) is 53.1 cm³/mol. The quantitative estimate of drug-likeness (QED) is 0.581. The van der Waals surface area contributed by atoms with E-state index in [4.69, 9.17) is 0 Å². The van der Waals surface area contributed by atoms with Gasteiger partial charge >= 0.3 is 0 Å². The van der Waals surface area contributed by atoms with Gasteiger partial charge in [-0.2, -0.15) is 0 Å². The Balaban J connectivity index is 1.83. The van der Waals surface area contributed by atoms with Crippen LogP contribution in [0.4, 0.5) is 0 Å². The summed E-state index contributed by atoms with van der Waals surface area (Å²) < 4.78 is 0. The summed E-state index contributed by atoms with van der Waals surface area (Å²) in [5, 5.41) is 0. The van der Waals surface area contributed by atoms with E-state index in [1.165, 1.54) is 25.7 Å². The second kappa shape index (κ2) is 3.05. The normalized spacial score (nSPS) is 32.8. The first-order valence-corrected chi connectivity index (χ1v) is 5.73. The first kappa shape index (κ1) is 8.59. The van der Waals surface area contributed by atoms with Gasteiger partial charge in [0, 0.05) is 0 Å². The molecule has 0 saturated heterocycles.